The number of ketones is 1. The molecule has 7 heteroatoms. The molecule has 1 aliphatic carbocycles. The Morgan fingerprint density at radius 1 is 1.14 bits per heavy atom. The molecule has 1 saturated heterocycles. The second kappa shape index (κ2) is 9.67. The first-order valence-corrected chi connectivity index (χ1v) is 12.7. The van der Waals surface area contributed by atoms with Crippen molar-refractivity contribution in [1.82, 2.24) is 9.88 Å². The fourth-order valence-corrected chi connectivity index (χ4v) is 5.41. The third-order valence-electron chi connectivity index (χ3n) is 7.19. The number of benzene rings is 2. The molecule has 1 aliphatic heterocycles. The van der Waals surface area contributed by atoms with Gasteiger partial charge in [0.1, 0.15) is 0 Å². The van der Waals surface area contributed by atoms with E-state index >= 15 is 0 Å². The minimum Gasteiger partial charge on any atom is -0.503 e. The van der Waals surface area contributed by atoms with Gasteiger partial charge in [-0.2, -0.15) is 0 Å². The number of phenols is 1. The predicted molar refractivity (Wildman–Crippen MR) is 141 cm³/mol. The van der Waals surface area contributed by atoms with Crippen LogP contribution >= 0.6 is 11.6 Å². The summed E-state index contributed by atoms with van der Waals surface area (Å²) in [5, 5.41) is 11.4. The largest absolute Gasteiger partial charge is 0.503 e. The monoisotopic (exact) mass is 493 g/mol. The number of carbonyl (C=O) groups is 1. The van der Waals surface area contributed by atoms with Gasteiger partial charge >= 0.3 is 0 Å². The van der Waals surface area contributed by atoms with Gasteiger partial charge in [0.15, 0.2) is 17.3 Å². The van der Waals surface area contributed by atoms with E-state index in [0.717, 1.165) is 78.6 Å². The summed E-state index contributed by atoms with van der Waals surface area (Å²) in [7, 11) is 5.76. The number of aromatic nitrogens is 1. The van der Waals surface area contributed by atoms with Gasteiger partial charge in [-0.1, -0.05) is 17.7 Å². The molecule has 2 aliphatic rings. The molecular formula is C28H32ClN3O3. The van der Waals surface area contributed by atoms with Crippen LogP contribution in [0.1, 0.15) is 36.0 Å². The Hall–Kier alpha value is -2.83. The predicted octanol–water partition coefficient (Wildman–Crippen LogP) is 5.64. The number of anilines is 1. The van der Waals surface area contributed by atoms with Crippen molar-refractivity contribution < 1.29 is 14.6 Å². The maximum Gasteiger partial charge on any atom is 0.176 e. The molecule has 2 heterocycles. The minimum absolute atomic E-state index is 0.0704. The zero-order valence-corrected chi connectivity index (χ0v) is 21.3. The number of piperidine rings is 1. The Bertz CT molecular complexity index is 1260. The second-order valence-corrected chi connectivity index (χ2v) is 10.5. The number of pyridine rings is 1. The van der Waals surface area contributed by atoms with Crippen LogP contribution in [0, 0.1) is 11.8 Å². The van der Waals surface area contributed by atoms with Crippen LogP contribution in [0.3, 0.4) is 0 Å². The van der Waals surface area contributed by atoms with Gasteiger partial charge in [0.05, 0.1) is 28.9 Å². The zero-order chi connectivity index (χ0) is 24.7. The van der Waals surface area contributed by atoms with Crippen molar-refractivity contribution >= 4 is 34.0 Å². The van der Waals surface area contributed by atoms with E-state index < -0.39 is 0 Å². The molecule has 1 aromatic heterocycles. The lowest BCUT2D eigenvalue weighted by molar-refractivity contribution is 0.0968. The Labute approximate surface area is 211 Å². The van der Waals surface area contributed by atoms with E-state index in [9.17, 15) is 9.90 Å². The van der Waals surface area contributed by atoms with Crippen LogP contribution in [0.2, 0.25) is 5.02 Å². The van der Waals surface area contributed by atoms with Gasteiger partial charge in [0.25, 0.3) is 0 Å². The third-order valence-corrected chi connectivity index (χ3v) is 7.48. The molecule has 2 fully saturated rings. The first-order chi connectivity index (χ1) is 16.9. The minimum atomic E-state index is -0.0704. The quantitative estimate of drug-likeness (QED) is 0.430. The summed E-state index contributed by atoms with van der Waals surface area (Å²) < 4.78 is 5.31. The number of ether oxygens (including phenoxy) is 1. The number of hydrogen-bond acceptors (Lipinski definition) is 6. The maximum atomic E-state index is 13.3. The van der Waals surface area contributed by atoms with Crippen LogP contribution in [0.4, 0.5) is 5.69 Å². The van der Waals surface area contributed by atoms with E-state index in [0.29, 0.717) is 11.7 Å². The summed E-state index contributed by atoms with van der Waals surface area (Å²) in [5.41, 5.74) is 4.38. The Balaban J connectivity index is 1.60. The van der Waals surface area contributed by atoms with Crippen LogP contribution in [-0.2, 0) is 0 Å². The van der Waals surface area contributed by atoms with Crippen molar-refractivity contribution in [2.75, 3.05) is 45.7 Å². The molecule has 184 valence electrons. The molecule has 0 bridgehead atoms. The Kier molecular flexibility index (Phi) is 6.60. The van der Waals surface area contributed by atoms with Crippen LogP contribution in [-0.4, -0.2) is 61.6 Å². The van der Waals surface area contributed by atoms with Crippen molar-refractivity contribution in [2.24, 2.45) is 11.8 Å². The highest BCUT2D eigenvalue weighted by molar-refractivity contribution is 6.32. The molecule has 0 unspecified atom stereocenters. The van der Waals surface area contributed by atoms with Crippen molar-refractivity contribution in [3.63, 3.8) is 0 Å². The topological polar surface area (TPSA) is 65.9 Å². The average molecular weight is 494 g/mol. The lowest BCUT2D eigenvalue weighted by atomic mass is 9.93. The summed E-state index contributed by atoms with van der Waals surface area (Å²) in [6.45, 7) is 2.93. The number of rotatable bonds is 7. The zero-order valence-electron chi connectivity index (χ0n) is 20.6. The van der Waals surface area contributed by atoms with Crippen LogP contribution < -0.4 is 9.64 Å². The van der Waals surface area contributed by atoms with Crippen LogP contribution in [0.5, 0.6) is 11.5 Å². The number of methoxy groups -OCH3 is 1. The van der Waals surface area contributed by atoms with Crippen molar-refractivity contribution in [2.45, 2.75) is 25.7 Å². The van der Waals surface area contributed by atoms with Gasteiger partial charge in [-0.15, -0.1) is 0 Å². The van der Waals surface area contributed by atoms with Gasteiger partial charge in [-0.05, 0) is 81.1 Å². The van der Waals surface area contributed by atoms with Crippen LogP contribution in [0.15, 0.2) is 36.5 Å². The number of nitrogens with zero attached hydrogens (tertiary/aromatic N) is 3. The summed E-state index contributed by atoms with van der Waals surface area (Å²) in [4.78, 5) is 22.6. The fraction of sp³-hybridized carbons (Fsp3) is 0.429. The number of Topliss-reactive ketones (excluding diaryl/α,β-unsaturated/α-hetero) is 1. The van der Waals surface area contributed by atoms with Crippen molar-refractivity contribution in [3.8, 4) is 22.6 Å². The highest BCUT2D eigenvalue weighted by atomic mass is 35.5. The molecule has 5 rings (SSSR count). The van der Waals surface area contributed by atoms with E-state index in [1.54, 1.807) is 18.3 Å². The highest BCUT2D eigenvalue weighted by Gasteiger charge is 2.34. The molecular weight excluding hydrogens is 462 g/mol. The maximum absolute atomic E-state index is 13.3. The molecule has 0 radical (unpaired) electrons. The number of halogens is 1. The number of carbonyl (C=O) groups excluding carboxylic acids is 1. The molecule has 1 saturated carbocycles. The lowest BCUT2D eigenvalue weighted by Crippen LogP contribution is -2.38. The summed E-state index contributed by atoms with van der Waals surface area (Å²) >= 11 is 6.28. The number of aromatic hydroxyl groups is 1. The van der Waals surface area contributed by atoms with E-state index in [4.69, 9.17) is 16.3 Å². The first-order valence-electron chi connectivity index (χ1n) is 12.3. The normalized spacial score (nSPS) is 16.8. The molecule has 2 aromatic carbocycles. The molecule has 0 amide bonds. The van der Waals surface area contributed by atoms with E-state index in [2.05, 4.69) is 34.9 Å². The molecule has 35 heavy (non-hydrogen) atoms. The second-order valence-electron chi connectivity index (χ2n) is 10.1. The Morgan fingerprint density at radius 2 is 1.89 bits per heavy atom. The van der Waals surface area contributed by atoms with Gasteiger partial charge in [0, 0.05) is 37.1 Å². The molecule has 3 aromatic rings. The molecule has 0 spiro atoms. The van der Waals surface area contributed by atoms with E-state index in [1.807, 2.05) is 12.1 Å². The molecule has 1 N–H and O–H groups in total. The lowest BCUT2D eigenvalue weighted by Gasteiger charge is -2.36. The third kappa shape index (κ3) is 4.82. The summed E-state index contributed by atoms with van der Waals surface area (Å²) in [5.74, 6) is 1.26. The van der Waals surface area contributed by atoms with Gasteiger partial charge in [-0.3, -0.25) is 9.78 Å². The van der Waals surface area contributed by atoms with Crippen LogP contribution in [0.25, 0.3) is 22.0 Å². The van der Waals surface area contributed by atoms with Gasteiger partial charge < -0.3 is 19.6 Å². The van der Waals surface area contributed by atoms with Crippen molar-refractivity contribution in [3.05, 3.63) is 47.1 Å². The average Bonchev–Trinajstić information content (AvgIpc) is 3.70. The number of hydrogen-bond donors (Lipinski definition) is 1. The number of phenolic OH excluding ortho intramolecular Hbond substituents is 1. The molecule has 0 atom stereocenters. The van der Waals surface area contributed by atoms with Crippen molar-refractivity contribution in [1.29, 1.82) is 0 Å². The Morgan fingerprint density at radius 3 is 2.54 bits per heavy atom. The van der Waals surface area contributed by atoms with E-state index in [-0.39, 0.29) is 22.5 Å². The highest BCUT2D eigenvalue weighted by Crippen LogP contribution is 2.42. The SMILES string of the molecule is COc1cc(-c2ccc3ncc(C(=O)C4CC4)c(N4CCC(CN(C)C)CC4)c3c2)cc(Cl)c1O. The van der Waals surface area contributed by atoms with Gasteiger partial charge in [-0.25, -0.2) is 0 Å². The first kappa shape index (κ1) is 23.9. The summed E-state index contributed by atoms with van der Waals surface area (Å²) in [6.07, 6.45) is 5.91. The van der Waals surface area contributed by atoms with Gasteiger partial charge in [0.2, 0.25) is 0 Å². The molecule has 6 nitrogen and oxygen atoms in total. The summed E-state index contributed by atoms with van der Waals surface area (Å²) in [6, 6.07) is 9.59. The van der Waals surface area contributed by atoms with E-state index in [1.165, 1.54) is 7.11 Å². The standard InChI is InChI=1S/C28H32ClN3O3/c1-31(2)16-17-8-10-32(11-9-17)26-21-12-19(20-13-23(29)28(34)25(14-20)35-3)6-7-24(21)30-15-22(26)27(33)18-4-5-18/h6-7,12-15,17-18,34H,4-5,8-11,16H2,1-3H3. The number of fused-ring (bicyclic) bond motifs is 1. The fourth-order valence-electron chi connectivity index (χ4n) is 5.20. The smallest absolute Gasteiger partial charge is 0.176 e.